The van der Waals surface area contributed by atoms with Gasteiger partial charge in [-0.15, -0.1) is 0 Å². The van der Waals surface area contributed by atoms with Gasteiger partial charge in [-0.3, -0.25) is 19.6 Å². The Kier molecular flexibility index (Phi) is 5.08. The van der Waals surface area contributed by atoms with Crippen molar-refractivity contribution >= 4 is 11.6 Å². The SMILES string of the molecule is Cn1cc([N+](=O)[O-])c(C(=O)NCc2cn(-c3ccccc3)nc2-c2ccccc2)n1. The number of hydrogen-bond donors (Lipinski definition) is 1. The van der Waals surface area contributed by atoms with E-state index < -0.39 is 10.8 Å². The van der Waals surface area contributed by atoms with E-state index in [1.165, 1.54) is 17.9 Å². The molecule has 0 saturated carbocycles. The normalized spacial score (nSPS) is 10.7. The fraction of sp³-hybridized carbons (Fsp3) is 0.0952. The molecule has 0 unspecified atom stereocenters. The third kappa shape index (κ3) is 3.81. The van der Waals surface area contributed by atoms with Crippen LogP contribution in [-0.2, 0) is 13.6 Å². The highest BCUT2D eigenvalue weighted by Gasteiger charge is 2.25. The van der Waals surface area contributed by atoms with Crippen molar-refractivity contribution in [1.82, 2.24) is 24.9 Å². The molecule has 2 heterocycles. The van der Waals surface area contributed by atoms with E-state index in [4.69, 9.17) is 0 Å². The Hall–Kier alpha value is -4.27. The summed E-state index contributed by atoms with van der Waals surface area (Å²) in [5.74, 6) is -0.617. The Balaban J connectivity index is 1.64. The van der Waals surface area contributed by atoms with E-state index in [0.29, 0.717) is 0 Å². The zero-order valence-electron chi connectivity index (χ0n) is 16.1. The number of nitro groups is 1. The van der Waals surface area contributed by atoms with Crippen LogP contribution in [0.1, 0.15) is 16.1 Å². The summed E-state index contributed by atoms with van der Waals surface area (Å²) < 4.78 is 2.99. The van der Waals surface area contributed by atoms with Gasteiger partial charge in [-0.1, -0.05) is 48.5 Å². The van der Waals surface area contributed by atoms with E-state index >= 15 is 0 Å². The number of hydrogen-bond acceptors (Lipinski definition) is 5. The highest BCUT2D eigenvalue weighted by molar-refractivity contribution is 5.96. The number of aromatic nitrogens is 4. The second-order valence-electron chi connectivity index (χ2n) is 6.63. The van der Waals surface area contributed by atoms with Gasteiger partial charge in [0.1, 0.15) is 6.20 Å². The van der Waals surface area contributed by atoms with Crippen LogP contribution in [0.25, 0.3) is 16.9 Å². The summed E-state index contributed by atoms with van der Waals surface area (Å²) in [7, 11) is 1.53. The number of amides is 1. The lowest BCUT2D eigenvalue weighted by atomic mass is 10.1. The van der Waals surface area contributed by atoms with Gasteiger partial charge < -0.3 is 5.32 Å². The number of carbonyl (C=O) groups excluding carboxylic acids is 1. The highest BCUT2D eigenvalue weighted by atomic mass is 16.6. The molecule has 0 aliphatic heterocycles. The molecule has 9 nitrogen and oxygen atoms in total. The Morgan fingerprint density at radius 3 is 2.37 bits per heavy atom. The first-order valence-electron chi connectivity index (χ1n) is 9.18. The van der Waals surface area contributed by atoms with Gasteiger partial charge >= 0.3 is 5.69 Å². The van der Waals surface area contributed by atoms with Gasteiger partial charge in [0.05, 0.1) is 16.3 Å². The molecular weight excluding hydrogens is 384 g/mol. The lowest BCUT2D eigenvalue weighted by Gasteiger charge is -2.04. The Morgan fingerprint density at radius 2 is 1.70 bits per heavy atom. The van der Waals surface area contributed by atoms with Crippen LogP contribution in [0.5, 0.6) is 0 Å². The van der Waals surface area contributed by atoms with Crippen molar-refractivity contribution in [2.24, 2.45) is 7.05 Å². The topological polar surface area (TPSA) is 108 Å². The average Bonchev–Trinajstić information content (AvgIpc) is 3.37. The van der Waals surface area contributed by atoms with Gasteiger partial charge in [-0.2, -0.15) is 10.2 Å². The van der Waals surface area contributed by atoms with Gasteiger partial charge in [0.15, 0.2) is 0 Å². The molecule has 0 radical (unpaired) electrons. The molecule has 0 bridgehead atoms. The van der Waals surface area contributed by atoms with Gasteiger partial charge in [-0.05, 0) is 12.1 Å². The van der Waals surface area contributed by atoms with E-state index in [0.717, 1.165) is 22.5 Å². The Morgan fingerprint density at radius 1 is 1.03 bits per heavy atom. The maximum absolute atomic E-state index is 12.6. The van der Waals surface area contributed by atoms with E-state index in [-0.39, 0.29) is 17.9 Å². The quantitative estimate of drug-likeness (QED) is 0.394. The van der Waals surface area contributed by atoms with Gasteiger partial charge in [0.2, 0.25) is 5.69 Å². The summed E-state index contributed by atoms with van der Waals surface area (Å²) in [4.78, 5) is 23.1. The molecule has 1 amide bonds. The lowest BCUT2D eigenvalue weighted by Crippen LogP contribution is -2.24. The molecule has 2 aromatic carbocycles. The van der Waals surface area contributed by atoms with Gasteiger partial charge in [-0.25, -0.2) is 4.68 Å². The van der Waals surface area contributed by atoms with Crippen LogP contribution in [0.15, 0.2) is 73.1 Å². The number of rotatable bonds is 6. The van der Waals surface area contributed by atoms with E-state index in [1.54, 1.807) is 4.68 Å². The maximum Gasteiger partial charge on any atom is 0.320 e. The van der Waals surface area contributed by atoms with Crippen LogP contribution in [0.3, 0.4) is 0 Å². The third-order valence-electron chi connectivity index (χ3n) is 4.52. The molecule has 0 aliphatic rings. The number of benzene rings is 2. The molecular formula is C21H18N6O3. The second-order valence-corrected chi connectivity index (χ2v) is 6.63. The zero-order chi connectivity index (χ0) is 21.1. The first-order chi connectivity index (χ1) is 14.5. The molecule has 0 spiro atoms. The van der Waals surface area contributed by atoms with Crippen LogP contribution >= 0.6 is 0 Å². The number of nitrogens with zero attached hydrogens (tertiary/aromatic N) is 5. The highest BCUT2D eigenvalue weighted by Crippen LogP contribution is 2.24. The first-order valence-corrected chi connectivity index (χ1v) is 9.18. The second kappa shape index (κ2) is 8.00. The molecule has 9 heteroatoms. The lowest BCUT2D eigenvalue weighted by molar-refractivity contribution is -0.385. The molecule has 4 rings (SSSR count). The van der Waals surface area contributed by atoms with Gasteiger partial charge in [0.25, 0.3) is 5.91 Å². The fourth-order valence-corrected chi connectivity index (χ4v) is 3.12. The van der Waals surface area contributed by atoms with Crippen molar-refractivity contribution in [2.45, 2.75) is 6.54 Å². The molecule has 2 aromatic heterocycles. The van der Waals surface area contributed by atoms with E-state index in [9.17, 15) is 14.9 Å². The first kappa shape index (κ1) is 19.1. The fourth-order valence-electron chi connectivity index (χ4n) is 3.12. The van der Waals surface area contributed by atoms with E-state index in [1.807, 2.05) is 66.9 Å². The summed E-state index contributed by atoms with van der Waals surface area (Å²) in [5.41, 5.74) is 2.72. The summed E-state index contributed by atoms with van der Waals surface area (Å²) in [5, 5.41) is 22.5. The van der Waals surface area contributed by atoms with Crippen molar-refractivity contribution in [3.63, 3.8) is 0 Å². The van der Waals surface area contributed by atoms with Crippen LogP contribution in [-0.4, -0.2) is 30.4 Å². The number of nitrogens with one attached hydrogen (secondary N) is 1. The molecule has 4 aromatic rings. The van der Waals surface area contributed by atoms with Crippen molar-refractivity contribution in [3.05, 3.63) is 94.4 Å². The molecule has 1 N–H and O–H groups in total. The minimum Gasteiger partial charge on any atom is -0.346 e. The van der Waals surface area contributed by atoms with Crippen molar-refractivity contribution in [3.8, 4) is 16.9 Å². The summed E-state index contributed by atoms with van der Waals surface area (Å²) in [6, 6.07) is 19.2. The summed E-state index contributed by atoms with van der Waals surface area (Å²) >= 11 is 0. The standard InChI is InChI=1S/C21H18N6O3/c1-25-14-18(27(29)30)20(23-25)21(28)22-12-16-13-26(17-10-6-3-7-11-17)24-19(16)15-8-4-2-5-9-15/h2-11,13-14H,12H2,1H3,(H,22,28). The van der Waals surface area contributed by atoms with Crippen molar-refractivity contribution in [1.29, 1.82) is 0 Å². The van der Waals surface area contributed by atoms with Crippen molar-refractivity contribution in [2.75, 3.05) is 0 Å². The van der Waals surface area contributed by atoms with Crippen LogP contribution in [0, 0.1) is 10.1 Å². The summed E-state index contributed by atoms with van der Waals surface area (Å²) in [6.45, 7) is 0.142. The smallest absolute Gasteiger partial charge is 0.320 e. The van der Waals surface area contributed by atoms with Crippen molar-refractivity contribution < 1.29 is 9.72 Å². The molecule has 150 valence electrons. The predicted octanol–water partition coefficient (Wildman–Crippen LogP) is 3.11. The largest absolute Gasteiger partial charge is 0.346 e. The molecule has 0 atom stereocenters. The maximum atomic E-state index is 12.6. The molecule has 0 fully saturated rings. The van der Waals surface area contributed by atoms with E-state index in [2.05, 4.69) is 15.5 Å². The minimum absolute atomic E-state index is 0.142. The zero-order valence-corrected chi connectivity index (χ0v) is 16.1. The Labute approximate surface area is 171 Å². The number of aryl methyl sites for hydroxylation is 1. The molecule has 30 heavy (non-hydrogen) atoms. The number of carbonyl (C=O) groups is 1. The van der Waals surface area contributed by atoms with Crippen LogP contribution < -0.4 is 5.32 Å². The minimum atomic E-state index is -0.620. The average molecular weight is 402 g/mol. The van der Waals surface area contributed by atoms with Crippen LogP contribution in [0.4, 0.5) is 5.69 Å². The predicted molar refractivity (Wildman–Crippen MR) is 110 cm³/mol. The van der Waals surface area contributed by atoms with Gasteiger partial charge in [0, 0.05) is 30.9 Å². The third-order valence-corrected chi connectivity index (χ3v) is 4.52. The summed E-state index contributed by atoms with van der Waals surface area (Å²) in [6.07, 6.45) is 3.04. The molecule has 0 aliphatic carbocycles. The molecule has 0 saturated heterocycles. The van der Waals surface area contributed by atoms with Crippen LogP contribution in [0.2, 0.25) is 0 Å². The Bertz CT molecular complexity index is 1200. The number of para-hydroxylation sites is 1. The monoisotopic (exact) mass is 402 g/mol.